The lowest BCUT2D eigenvalue weighted by atomic mass is 9.89. The second-order valence-corrected chi connectivity index (χ2v) is 8.01. The molecule has 1 aliphatic carbocycles. The molecule has 1 unspecified atom stereocenters. The molecule has 0 amide bonds. The molecule has 0 saturated heterocycles. The molecular weight excluding hydrogens is 340 g/mol. The molecule has 1 fully saturated rings. The van der Waals surface area contributed by atoms with Gasteiger partial charge in [-0.25, -0.2) is 0 Å². The molecule has 1 atom stereocenters. The maximum Gasteiger partial charge on any atom is 0.125 e. The first-order valence-corrected chi connectivity index (χ1v) is 10.3. The standard InChI is InChI=1S/C21H38N4O2/c1-5-25(11-10-23-4)16-8-6-15(7-9-16)24-21(22)18-12-17(14(2)3)19(26)13-20(18)27/h12-16,21,23-24,26-27H,5-11,22H2,1-4H3. The van der Waals surface area contributed by atoms with Crippen LogP contribution in [0.5, 0.6) is 11.5 Å². The van der Waals surface area contributed by atoms with E-state index in [1.165, 1.54) is 18.9 Å². The topological polar surface area (TPSA) is 93.8 Å². The van der Waals surface area contributed by atoms with Crippen molar-refractivity contribution in [3.8, 4) is 11.5 Å². The number of rotatable bonds is 9. The molecule has 1 aliphatic rings. The SMILES string of the molecule is CCN(CCNC)C1CCC(NC(N)c2cc(C(C)C)c(O)cc2O)CC1. The van der Waals surface area contributed by atoms with Gasteiger partial charge in [-0.15, -0.1) is 0 Å². The van der Waals surface area contributed by atoms with E-state index in [0.717, 1.165) is 38.0 Å². The fraction of sp³-hybridized carbons (Fsp3) is 0.714. The van der Waals surface area contributed by atoms with E-state index in [1.807, 2.05) is 27.0 Å². The van der Waals surface area contributed by atoms with Crippen molar-refractivity contribution in [2.24, 2.45) is 5.73 Å². The number of phenolic OH excluding ortho intramolecular Hbond substituents is 2. The fourth-order valence-corrected chi connectivity index (χ4v) is 4.13. The molecule has 27 heavy (non-hydrogen) atoms. The predicted octanol–water partition coefficient (Wildman–Crippen LogP) is 2.62. The van der Waals surface area contributed by atoms with Gasteiger partial charge in [-0.1, -0.05) is 20.8 Å². The van der Waals surface area contributed by atoms with Crippen LogP contribution < -0.4 is 16.4 Å². The highest BCUT2D eigenvalue weighted by atomic mass is 16.3. The molecule has 1 saturated carbocycles. The molecule has 154 valence electrons. The summed E-state index contributed by atoms with van der Waals surface area (Å²) in [5.41, 5.74) is 7.83. The van der Waals surface area contributed by atoms with Crippen LogP contribution in [0, 0.1) is 0 Å². The third kappa shape index (κ3) is 5.82. The van der Waals surface area contributed by atoms with Gasteiger partial charge in [-0.3, -0.25) is 10.2 Å². The minimum atomic E-state index is -0.434. The van der Waals surface area contributed by atoms with E-state index < -0.39 is 6.17 Å². The first-order chi connectivity index (χ1) is 12.9. The Kier molecular flexibility index (Phi) is 8.35. The van der Waals surface area contributed by atoms with Crippen LogP contribution in [-0.4, -0.2) is 53.9 Å². The molecule has 6 nitrogen and oxygen atoms in total. The van der Waals surface area contributed by atoms with Crippen molar-refractivity contribution in [1.29, 1.82) is 0 Å². The van der Waals surface area contributed by atoms with Crippen LogP contribution in [0.3, 0.4) is 0 Å². The van der Waals surface area contributed by atoms with Crippen LogP contribution in [0.15, 0.2) is 12.1 Å². The van der Waals surface area contributed by atoms with Crippen molar-refractivity contribution >= 4 is 0 Å². The lowest BCUT2D eigenvalue weighted by molar-refractivity contribution is 0.148. The summed E-state index contributed by atoms with van der Waals surface area (Å²) in [4.78, 5) is 2.56. The summed E-state index contributed by atoms with van der Waals surface area (Å²) in [6.45, 7) is 9.47. The second-order valence-electron chi connectivity index (χ2n) is 8.01. The van der Waals surface area contributed by atoms with Crippen molar-refractivity contribution in [3.63, 3.8) is 0 Å². The number of benzene rings is 1. The number of nitrogens with two attached hydrogens (primary N) is 1. The molecule has 0 aromatic heterocycles. The van der Waals surface area contributed by atoms with Crippen LogP contribution in [0.4, 0.5) is 0 Å². The summed E-state index contributed by atoms with van der Waals surface area (Å²) in [5, 5.41) is 27.0. The Balaban J connectivity index is 1.94. The maximum atomic E-state index is 10.2. The van der Waals surface area contributed by atoms with Gasteiger partial charge in [0, 0.05) is 36.8 Å². The Morgan fingerprint density at radius 1 is 1.11 bits per heavy atom. The highest BCUT2D eigenvalue weighted by molar-refractivity contribution is 5.47. The van der Waals surface area contributed by atoms with E-state index in [-0.39, 0.29) is 17.4 Å². The van der Waals surface area contributed by atoms with Gasteiger partial charge in [-0.05, 0) is 56.8 Å². The third-order valence-electron chi connectivity index (χ3n) is 5.82. The zero-order chi connectivity index (χ0) is 20.0. The summed E-state index contributed by atoms with van der Waals surface area (Å²) < 4.78 is 0. The third-order valence-corrected chi connectivity index (χ3v) is 5.82. The molecule has 0 bridgehead atoms. The number of hydrogen-bond acceptors (Lipinski definition) is 6. The molecule has 0 spiro atoms. The smallest absolute Gasteiger partial charge is 0.125 e. The minimum absolute atomic E-state index is 0.0507. The summed E-state index contributed by atoms with van der Waals surface area (Å²) >= 11 is 0. The molecular formula is C21H38N4O2. The van der Waals surface area contributed by atoms with E-state index in [2.05, 4.69) is 22.5 Å². The van der Waals surface area contributed by atoms with Gasteiger partial charge in [0.2, 0.25) is 0 Å². The van der Waals surface area contributed by atoms with Crippen molar-refractivity contribution in [3.05, 3.63) is 23.3 Å². The van der Waals surface area contributed by atoms with Crippen LogP contribution in [0.25, 0.3) is 0 Å². The highest BCUT2D eigenvalue weighted by Crippen LogP contribution is 2.34. The maximum absolute atomic E-state index is 10.2. The van der Waals surface area contributed by atoms with Gasteiger partial charge >= 0.3 is 0 Å². The van der Waals surface area contributed by atoms with E-state index >= 15 is 0 Å². The summed E-state index contributed by atoms with van der Waals surface area (Å²) in [7, 11) is 2.00. The zero-order valence-electron chi connectivity index (χ0n) is 17.3. The Morgan fingerprint density at radius 3 is 2.30 bits per heavy atom. The summed E-state index contributed by atoms with van der Waals surface area (Å²) in [5.74, 6) is 0.347. The van der Waals surface area contributed by atoms with Gasteiger partial charge in [0.25, 0.3) is 0 Å². The van der Waals surface area contributed by atoms with Crippen LogP contribution in [0.1, 0.15) is 69.7 Å². The number of hydrogen-bond donors (Lipinski definition) is 5. The molecule has 1 aromatic rings. The zero-order valence-corrected chi connectivity index (χ0v) is 17.3. The Labute approximate surface area is 164 Å². The van der Waals surface area contributed by atoms with Gasteiger partial charge in [0.1, 0.15) is 11.5 Å². The first kappa shape index (κ1) is 22.0. The van der Waals surface area contributed by atoms with Gasteiger partial charge in [0.15, 0.2) is 0 Å². The highest BCUT2D eigenvalue weighted by Gasteiger charge is 2.26. The number of phenols is 2. The van der Waals surface area contributed by atoms with E-state index in [0.29, 0.717) is 17.6 Å². The van der Waals surface area contributed by atoms with Gasteiger partial charge < -0.3 is 21.3 Å². The largest absolute Gasteiger partial charge is 0.508 e. The molecule has 6 heteroatoms. The lowest BCUT2D eigenvalue weighted by Gasteiger charge is -2.37. The average molecular weight is 379 g/mol. The lowest BCUT2D eigenvalue weighted by Crippen LogP contribution is -2.46. The molecule has 0 aliphatic heterocycles. The quantitative estimate of drug-likeness (QED) is 0.424. The molecule has 2 rings (SSSR count). The van der Waals surface area contributed by atoms with E-state index in [4.69, 9.17) is 5.73 Å². The number of likely N-dealkylation sites (N-methyl/N-ethyl adjacent to an activating group) is 2. The Morgan fingerprint density at radius 2 is 1.74 bits per heavy atom. The van der Waals surface area contributed by atoms with Crippen molar-refractivity contribution < 1.29 is 10.2 Å². The average Bonchev–Trinajstić information content (AvgIpc) is 2.63. The minimum Gasteiger partial charge on any atom is -0.508 e. The Hall–Kier alpha value is -1.34. The second kappa shape index (κ2) is 10.3. The van der Waals surface area contributed by atoms with Gasteiger partial charge in [0.05, 0.1) is 6.17 Å². The van der Waals surface area contributed by atoms with Crippen LogP contribution in [0.2, 0.25) is 0 Å². The van der Waals surface area contributed by atoms with E-state index in [1.54, 1.807) is 0 Å². The van der Waals surface area contributed by atoms with Crippen molar-refractivity contribution in [2.45, 2.75) is 70.6 Å². The molecule has 0 radical (unpaired) electrons. The summed E-state index contributed by atoms with van der Waals surface area (Å²) in [6.07, 6.45) is 4.08. The van der Waals surface area contributed by atoms with Gasteiger partial charge in [-0.2, -0.15) is 0 Å². The monoisotopic (exact) mass is 378 g/mol. The fourth-order valence-electron chi connectivity index (χ4n) is 4.13. The van der Waals surface area contributed by atoms with Crippen molar-refractivity contribution in [1.82, 2.24) is 15.5 Å². The molecule has 1 aromatic carbocycles. The number of aromatic hydroxyl groups is 2. The first-order valence-electron chi connectivity index (χ1n) is 10.3. The van der Waals surface area contributed by atoms with E-state index in [9.17, 15) is 10.2 Å². The predicted molar refractivity (Wildman–Crippen MR) is 111 cm³/mol. The van der Waals surface area contributed by atoms with Crippen LogP contribution in [-0.2, 0) is 0 Å². The normalized spacial score (nSPS) is 21.7. The number of nitrogens with one attached hydrogen (secondary N) is 2. The van der Waals surface area contributed by atoms with Crippen LogP contribution >= 0.6 is 0 Å². The Bertz CT molecular complexity index is 586. The van der Waals surface area contributed by atoms with Crippen molar-refractivity contribution in [2.75, 3.05) is 26.7 Å². The molecule has 6 N–H and O–H groups in total. The number of nitrogens with zero attached hydrogens (tertiary/aromatic N) is 1. The molecule has 0 heterocycles. The summed E-state index contributed by atoms with van der Waals surface area (Å²) in [6, 6.07) is 4.24.